The average molecular weight is 359 g/mol. The van der Waals surface area contributed by atoms with E-state index in [0.717, 1.165) is 5.56 Å². The fourth-order valence-corrected chi connectivity index (χ4v) is 7.89. The predicted molar refractivity (Wildman–Crippen MR) is 113 cm³/mol. The zero-order valence-electron chi connectivity index (χ0n) is 15.7. The summed E-state index contributed by atoms with van der Waals surface area (Å²) in [5, 5.41) is 1.39. The molecule has 0 fully saturated rings. The Balaban J connectivity index is 2.06. The van der Waals surface area contributed by atoms with Gasteiger partial charge in [0, 0.05) is 11.5 Å². The van der Waals surface area contributed by atoms with Gasteiger partial charge in [0.05, 0.1) is 8.07 Å². The number of carbonyl (C=O) groups is 1. The first-order valence-electron chi connectivity index (χ1n) is 9.21. The number of rotatable bonds is 6. The third kappa shape index (κ3) is 3.71. The number of carbonyl (C=O) groups excluding carboxylic acids is 1. The molecule has 0 aliphatic rings. The molecule has 3 rings (SSSR count). The van der Waals surface area contributed by atoms with Crippen molar-refractivity contribution >= 4 is 19.0 Å². The highest BCUT2D eigenvalue weighted by molar-refractivity contribution is 6.91. The standard InChI is InChI=1S/C24H26OSi/c1-19(23(25)20-13-7-4-8-14-20)24(21-15-9-5-10-16-21)26(2,3)22-17-11-6-12-18-22/h4-19,24H,1-3H3/t19-,24-/m1/s1. The molecule has 0 amide bonds. The van der Waals surface area contributed by atoms with Gasteiger partial charge in [0.15, 0.2) is 5.78 Å². The average Bonchev–Trinajstić information content (AvgIpc) is 2.69. The van der Waals surface area contributed by atoms with E-state index >= 15 is 0 Å². The van der Waals surface area contributed by atoms with Crippen LogP contribution in [0.3, 0.4) is 0 Å². The van der Waals surface area contributed by atoms with Crippen molar-refractivity contribution in [1.29, 1.82) is 0 Å². The van der Waals surface area contributed by atoms with Crippen LogP contribution in [-0.4, -0.2) is 13.9 Å². The van der Waals surface area contributed by atoms with Gasteiger partial charge in [0.1, 0.15) is 0 Å². The number of benzene rings is 3. The number of Topliss-reactive ketones (excluding diaryl/α,β-unsaturated/α-hetero) is 1. The summed E-state index contributed by atoms with van der Waals surface area (Å²) in [6.07, 6.45) is 0. The molecule has 26 heavy (non-hydrogen) atoms. The van der Waals surface area contributed by atoms with Crippen LogP contribution in [0.5, 0.6) is 0 Å². The van der Waals surface area contributed by atoms with Crippen LogP contribution >= 0.6 is 0 Å². The van der Waals surface area contributed by atoms with Crippen molar-refractivity contribution in [3.05, 3.63) is 102 Å². The molecule has 0 bridgehead atoms. The topological polar surface area (TPSA) is 17.1 Å². The Morgan fingerprint density at radius 3 is 1.73 bits per heavy atom. The third-order valence-corrected chi connectivity index (χ3v) is 9.64. The van der Waals surface area contributed by atoms with E-state index in [1.54, 1.807) is 0 Å². The van der Waals surface area contributed by atoms with Crippen molar-refractivity contribution in [2.24, 2.45) is 5.92 Å². The van der Waals surface area contributed by atoms with Gasteiger partial charge in [-0.05, 0) is 11.1 Å². The van der Waals surface area contributed by atoms with Crippen molar-refractivity contribution in [2.45, 2.75) is 25.6 Å². The first-order chi connectivity index (χ1) is 12.5. The van der Waals surface area contributed by atoms with Crippen LogP contribution in [0.2, 0.25) is 13.1 Å². The summed E-state index contributed by atoms with van der Waals surface area (Å²) in [6, 6.07) is 31.0. The van der Waals surface area contributed by atoms with Gasteiger partial charge in [-0.1, -0.05) is 116 Å². The number of hydrogen-bond donors (Lipinski definition) is 0. The highest BCUT2D eigenvalue weighted by atomic mass is 28.3. The van der Waals surface area contributed by atoms with E-state index in [1.807, 2.05) is 36.4 Å². The molecule has 0 aliphatic heterocycles. The molecule has 0 heterocycles. The van der Waals surface area contributed by atoms with Gasteiger partial charge in [0.2, 0.25) is 0 Å². The molecule has 0 unspecified atom stereocenters. The molecule has 0 aliphatic carbocycles. The third-order valence-electron chi connectivity index (χ3n) is 5.43. The Kier molecular flexibility index (Phi) is 5.53. The van der Waals surface area contributed by atoms with Gasteiger partial charge in [-0.2, -0.15) is 0 Å². The largest absolute Gasteiger partial charge is 0.294 e. The van der Waals surface area contributed by atoms with Crippen molar-refractivity contribution < 1.29 is 4.79 Å². The second-order valence-electron chi connectivity index (χ2n) is 7.50. The summed E-state index contributed by atoms with van der Waals surface area (Å²) in [6.45, 7) is 6.87. The van der Waals surface area contributed by atoms with Crippen molar-refractivity contribution in [1.82, 2.24) is 0 Å². The normalized spacial score (nSPS) is 13.8. The molecule has 1 nitrogen and oxygen atoms in total. The zero-order chi connectivity index (χ0) is 18.6. The molecule has 0 N–H and O–H groups in total. The van der Waals surface area contributed by atoms with Crippen LogP contribution in [0.1, 0.15) is 28.4 Å². The van der Waals surface area contributed by atoms with Crippen LogP contribution in [0.4, 0.5) is 0 Å². The van der Waals surface area contributed by atoms with Crippen LogP contribution < -0.4 is 5.19 Å². The van der Waals surface area contributed by atoms with Crippen molar-refractivity contribution in [3.8, 4) is 0 Å². The zero-order valence-corrected chi connectivity index (χ0v) is 16.7. The van der Waals surface area contributed by atoms with E-state index in [2.05, 4.69) is 74.6 Å². The van der Waals surface area contributed by atoms with E-state index in [1.165, 1.54) is 10.8 Å². The van der Waals surface area contributed by atoms with Crippen LogP contribution in [0, 0.1) is 5.92 Å². The maximum Gasteiger partial charge on any atom is 0.165 e. The monoisotopic (exact) mass is 358 g/mol. The smallest absolute Gasteiger partial charge is 0.165 e. The molecule has 3 aromatic carbocycles. The first-order valence-corrected chi connectivity index (χ1v) is 12.3. The Hall–Kier alpha value is -2.45. The molecule has 0 saturated heterocycles. The van der Waals surface area contributed by atoms with E-state index in [4.69, 9.17) is 0 Å². The Bertz CT molecular complexity index is 841. The van der Waals surface area contributed by atoms with Crippen LogP contribution in [0.25, 0.3) is 0 Å². The van der Waals surface area contributed by atoms with E-state index < -0.39 is 8.07 Å². The highest BCUT2D eigenvalue weighted by Gasteiger charge is 2.40. The molecule has 2 atom stereocenters. The van der Waals surface area contributed by atoms with Gasteiger partial charge in [-0.25, -0.2) is 0 Å². The molecule has 0 aromatic heterocycles. The minimum absolute atomic E-state index is 0.0679. The fourth-order valence-electron chi connectivity index (χ4n) is 4.05. The van der Waals surface area contributed by atoms with E-state index in [0.29, 0.717) is 0 Å². The molecule has 0 spiro atoms. The lowest BCUT2D eigenvalue weighted by Crippen LogP contribution is -2.51. The summed E-state index contributed by atoms with van der Waals surface area (Å²) in [7, 11) is -1.93. The lowest BCUT2D eigenvalue weighted by molar-refractivity contribution is 0.0924. The lowest BCUT2D eigenvalue weighted by Gasteiger charge is -2.37. The summed E-state index contributed by atoms with van der Waals surface area (Å²) < 4.78 is 0. The summed E-state index contributed by atoms with van der Waals surface area (Å²) in [5.41, 5.74) is 2.29. The SMILES string of the molecule is C[C@H](C(=O)c1ccccc1)[C@H](c1ccccc1)[Si](C)(C)c1ccccc1. The molecule has 0 saturated carbocycles. The lowest BCUT2D eigenvalue weighted by atomic mass is 9.92. The molecular weight excluding hydrogens is 332 g/mol. The maximum absolute atomic E-state index is 13.3. The van der Waals surface area contributed by atoms with Gasteiger partial charge in [0.25, 0.3) is 0 Å². The first kappa shape index (κ1) is 18.3. The highest BCUT2D eigenvalue weighted by Crippen LogP contribution is 2.35. The van der Waals surface area contributed by atoms with Crippen LogP contribution in [-0.2, 0) is 0 Å². The second kappa shape index (κ2) is 7.84. The Labute approximate surface area is 157 Å². The molecule has 132 valence electrons. The van der Waals surface area contributed by atoms with Gasteiger partial charge in [-0.3, -0.25) is 4.79 Å². The molecule has 3 aromatic rings. The fraction of sp³-hybridized carbons (Fsp3) is 0.208. The number of ketones is 1. The molecule has 0 radical (unpaired) electrons. The summed E-state index contributed by atoms with van der Waals surface area (Å²) >= 11 is 0. The van der Waals surface area contributed by atoms with Gasteiger partial charge < -0.3 is 0 Å². The maximum atomic E-state index is 13.3. The van der Waals surface area contributed by atoms with Gasteiger partial charge in [-0.15, -0.1) is 0 Å². The second-order valence-corrected chi connectivity index (χ2v) is 12.1. The summed E-state index contributed by atoms with van der Waals surface area (Å²) in [4.78, 5) is 13.3. The molecule has 2 heteroatoms. The minimum Gasteiger partial charge on any atom is -0.294 e. The summed E-state index contributed by atoms with van der Waals surface area (Å²) in [5.74, 6) is 0.164. The predicted octanol–water partition coefficient (Wildman–Crippen LogP) is 5.44. The van der Waals surface area contributed by atoms with Crippen LogP contribution in [0.15, 0.2) is 91.0 Å². The Morgan fingerprint density at radius 2 is 1.19 bits per heavy atom. The quantitative estimate of drug-likeness (QED) is 0.423. The van der Waals surface area contributed by atoms with E-state index in [9.17, 15) is 4.79 Å². The number of hydrogen-bond acceptors (Lipinski definition) is 1. The molecular formula is C24H26OSi. The van der Waals surface area contributed by atoms with E-state index in [-0.39, 0.29) is 17.2 Å². The Morgan fingerprint density at radius 1 is 0.731 bits per heavy atom. The van der Waals surface area contributed by atoms with Crippen molar-refractivity contribution in [2.75, 3.05) is 0 Å². The minimum atomic E-state index is -1.93. The van der Waals surface area contributed by atoms with Gasteiger partial charge >= 0.3 is 0 Å². The van der Waals surface area contributed by atoms with Crippen molar-refractivity contribution in [3.63, 3.8) is 0 Å².